The predicted octanol–water partition coefficient (Wildman–Crippen LogP) is 3.10. The summed E-state index contributed by atoms with van der Waals surface area (Å²) in [7, 11) is 0. The number of aromatic nitrogens is 1. The molecule has 0 aromatic carbocycles. The average molecular weight is 269 g/mol. The Morgan fingerprint density at radius 1 is 1.45 bits per heavy atom. The van der Waals surface area contributed by atoms with Gasteiger partial charge in [0.05, 0.1) is 5.71 Å². The predicted molar refractivity (Wildman–Crippen MR) is 80.4 cm³/mol. The van der Waals surface area contributed by atoms with E-state index in [9.17, 15) is 4.79 Å². The van der Waals surface area contributed by atoms with Crippen molar-refractivity contribution >= 4 is 11.6 Å². The average Bonchev–Trinajstić information content (AvgIpc) is 2.46. The lowest BCUT2D eigenvalue weighted by Gasteiger charge is -2.22. The molecule has 104 valence electrons. The Kier molecular flexibility index (Phi) is 4.45. The SMILES string of the molecule is C=C(C)[C@@H]1CC=C(C)/C(=N\NC(=O)c2ccncc2)C1. The van der Waals surface area contributed by atoms with Crippen LogP contribution in [-0.4, -0.2) is 16.6 Å². The maximum absolute atomic E-state index is 11.9. The minimum absolute atomic E-state index is 0.217. The molecule has 0 spiro atoms. The molecule has 4 heteroatoms. The van der Waals surface area contributed by atoms with Crippen LogP contribution in [0.4, 0.5) is 0 Å². The lowest BCUT2D eigenvalue weighted by molar-refractivity contribution is 0.0954. The van der Waals surface area contributed by atoms with Crippen molar-refractivity contribution in [1.82, 2.24) is 10.4 Å². The van der Waals surface area contributed by atoms with Crippen molar-refractivity contribution in [2.45, 2.75) is 26.7 Å². The first-order valence-corrected chi connectivity index (χ1v) is 6.67. The van der Waals surface area contributed by atoms with Crippen LogP contribution >= 0.6 is 0 Å². The van der Waals surface area contributed by atoms with Crippen LogP contribution in [0.2, 0.25) is 0 Å². The molecule has 1 N–H and O–H groups in total. The topological polar surface area (TPSA) is 54.4 Å². The van der Waals surface area contributed by atoms with E-state index in [0.29, 0.717) is 11.5 Å². The zero-order chi connectivity index (χ0) is 14.5. The van der Waals surface area contributed by atoms with Crippen LogP contribution in [0.25, 0.3) is 0 Å². The highest BCUT2D eigenvalue weighted by molar-refractivity contribution is 6.02. The first-order valence-electron chi connectivity index (χ1n) is 6.67. The van der Waals surface area contributed by atoms with Gasteiger partial charge in [0.1, 0.15) is 0 Å². The second-order valence-corrected chi connectivity index (χ2v) is 5.11. The summed E-state index contributed by atoms with van der Waals surface area (Å²) in [6, 6.07) is 3.32. The summed E-state index contributed by atoms with van der Waals surface area (Å²) in [5.74, 6) is 0.195. The van der Waals surface area contributed by atoms with Gasteiger partial charge in [0.2, 0.25) is 0 Å². The molecule has 1 heterocycles. The van der Waals surface area contributed by atoms with Gasteiger partial charge in [-0.25, -0.2) is 5.43 Å². The summed E-state index contributed by atoms with van der Waals surface area (Å²) in [6.45, 7) is 8.06. The van der Waals surface area contributed by atoms with Gasteiger partial charge in [-0.1, -0.05) is 18.2 Å². The number of amides is 1. The Morgan fingerprint density at radius 3 is 2.80 bits per heavy atom. The molecule has 0 radical (unpaired) electrons. The van der Waals surface area contributed by atoms with Crippen LogP contribution < -0.4 is 5.43 Å². The molecule has 1 aromatic heterocycles. The minimum atomic E-state index is -0.217. The minimum Gasteiger partial charge on any atom is -0.267 e. The summed E-state index contributed by atoms with van der Waals surface area (Å²) < 4.78 is 0. The van der Waals surface area contributed by atoms with Crippen molar-refractivity contribution in [3.63, 3.8) is 0 Å². The smallest absolute Gasteiger partial charge is 0.267 e. The Morgan fingerprint density at radius 2 is 2.15 bits per heavy atom. The van der Waals surface area contributed by atoms with Crippen molar-refractivity contribution in [3.05, 3.63) is 53.9 Å². The van der Waals surface area contributed by atoms with Crippen LogP contribution in [-0.2, 0) is 0 Å². The van der Waals surface area contributed by atoms with Crippen molar-refractivity contribution < 1.29 is 4.79 Å². The number of hydrogen-bond acceptors (Lipinski definition) is 3. The lowest BCUT2D eigenvalue weighted by Crippen LogP contribution is -2.23. The van der Waals surface area contributed by atoms with E-state index in [1.54, 1.807) is 24.5 Å². The second-order valence-electron chi connectivity index (χ2n) is 5.11. The molecule has 1 aliphatic rings. The molecule has 0 saturated carbocycles. The highest BCUT2D eigenvalue weighted by Crippen LogP contribution is 2.26. The molecule has 0 bridgehead atoms. The van der Waals surface area contributed by atoms with Gasteiger partial charge in [0, 0.05) is 18.0 Å². The quantitative estimate of drug-likeness (QED) is 0.677. The number of nitrogens with zero attached hydrogens (tertiary/aromatic N) is 2. The molecule has 1 aliphatic carbocycles. The van der Waals surface area contributed by atoms with Crippen LogP contribution in [0.1, 0.15) is 37.0 Å². The second kappa shape index (κ2) is 6.28. The van der Waals surface area contributed by atoms with E-state index in [-0.39, 0.29) is 5.91 Å². The molecule has 4 nitrogen and oxygen atoms in total. The Hall–Kier alpha value is -2.23. The van der Waals surface area contributed by atoms with Crippen LogP contribution in [0.15, 0.2) is 53.4 Å². The molecule has 0 fully saturated rings. The van der Waals surface area contributed by atoms with Gasteiger partial charge in [-0.15, -0.1) is 0 Å². The third-order valence-corrected chi connectivity index (χ3v) is 3.54. The first-order chi connectivity index (χ1) is 9.58. The fourth-order valence-electron chi connectivity index (χ4n) is 2.11. The van der Waals surface area contributed by atoms with E-state index in [0.717, 1.165) is 29.7 Å². The molecule has 1 atom stereocenters. The zero-order valence-corrected chi connectivity index (χ0v) is 11.9. The molecule has 0 unspecified atom stereocenters. The number of rotatable bonds is 3. The summed E-state index contributed by atoms with van der Waals surface area (Å²) >= 11 is 0. The third-order valence-electron chi connectivity index (χ3n) is 3.54. The molecule has 20 heavy (non-hydrogen) atoms. The summed E-state index contributed by atoms with van der Waals surface area (Å²) in [4.78, 5) is 15.8. The van der Waals surface area contributed by atoms with E-state index >= 15 is 0 Å². The molecule has 1 aromatic rings. The van der Waals surface area contributed by atoms with Crippen LogP contribution in [0.3, 0.4) is 0 Å². The largest absolute Gasteiger partial charge is 0.271 e. The molecular weight excluding hydrogens is 250 g/mol. The molecule has 1 amide bonds. The first kappa shape index (κ1) is 14.2. The molecule has 2 rings (SSSR count). The number of nitrogens with one attached hydrogen (secondary N) is 1. The Balaban J connectivity index is 2.07. The van der Waals surface area contributed by atoms with E-state index < -0.39 is 0 Å². The Bertz CT molecular complexity index is 573. The van der Waals surface area contributed by atoms with E-state index in [1.165, 1.54) is 0 Å². The molecule has 0 aliphatic heterocycles. The number of carbonyl (C=O) groups is 1. The fraction of sp³-hybridized carbons (Fsp3) is 0.312. The maximum Gasteiger partial charge on any atom is 0.271 e. The van der Waals surface area contributed by atoms with Gasteiger partial charge in [-0.05, 0) is 50.3 Å². The van der Waals surface area contributed by atoms with Crippen molar-refractivity contribution in [3.8, 4) is 0 Å². The number of hydrazone groups is 1. The van der Waals surface area contributed by atoms with Crippen molar-refractivity contribution in [2.75, 3.05) is 0 Å². The van der Waals surface area contributed by atoms with Crippen molar-refractivity contribution in [1.29, 1.82) is 0 Å². The highest BCUT2D eigenvalue weighted by Gasteiger charge is 2.18. The maximum atomic E-state index is 11.9. The normalized spacial score (nSPS) is 20.4. The number of pyridine rings is 1. The zero-order valence-electron chi connectivity index (χ0n) is 11.9. The number of allylic oxidation sites excluding steroid dienone is 3. The number of hydrogen-bond donors (Lipinski definition) is 1. The highest BCUT2D eigenvalue weighted by atomic mass is 16.2. The third kappa shape index (κ3) is 3.41. The fourth-order valence-corrected chi connectivity index (χ4v) is 2.11. The van der Waals surface area contributed by atoms with Crippen molar-refractivity contribution in [2.24, 2.45) is 11.0 Å². The summed E-state index contributed by atoms with van der Waals surface area (Å²) in [5, 5.41) is 4.26. The summed E-state index contributed by atoms with van der Waals surface area (Å²) in [6.07, 6.45) is 7.16. The van der Waals surface area contributed by atoms with Gasteiger partial charge in [0.15, 0.2) is 0 Å². The standard InChI is InChI=1S/C16H19N3O/c1-11(2)14-5-4-12(3)15(10-14)18-19-16(20)13-6-8-17-9-7-13/h4,6-9,14H,1,5,10H2,2-3H3,(H,19,20)/b18-15-/t14-/m1/s1. The van der Waals surface area contributed by atoms with Gasteiger partial charge in [-0.3, -0.25) is 9.78 Å². The molecular formula is C16H19N3O. The Labute approximate surface area is 119 Å². The van der Waals surface area contributed by atoms with Gasteiger partial charge < -0.3 is 0 Å². The molecule has 0 saturated heterocycles. The van der Waals surface area contributed by atoms with Crippen LogP contribution in [0, 0.1) is 5.92 Å². The summed E-state index contributed by atoms with van der Waals surface area (Å²) in [5.41, 5.74) is 6.36. The van der Waals surface area contributed by atoms with Gasteiger partial charge >= 0.3 is 0 Å². The van der Waals surface area contributed by atoms with Crippen LogP contribution in [0.5, 0.6) is 0 Å². The van der Waals surface area contributed by atoms with E-state index in [4.69, 9.17) is 0 Å². The van der Waals surface area contributed by atoms with Gasteiger partial charge in [0.25, 0.3) is 5.91 Å². The number of carbonyl (C=O) groups excluding carboxylic acids is 1. The van der Waals surface area contributed by atoms with E-state index in [2.05, 4.69) is 28.2 Å². The van der Waals surface area contributed by atoms with E-state index in [1.807, 2.05) is 13.8 Å². The van der Waals surface area contributed by atoms with Gasteiger partial charge in [-0.2, -0.15) is 5.10 Å². The lowest BCUT2D eigenvalue weighted by atomic mass is 9.85. The monoisotopic (exact) mass is 269 g/mol.